The maximum atomic E-state index is 11.2. The number of carboxylic acid groups (broad SMARTS) is 1. The second kappa shape index (κ2) is 3.51. The summed E-state index contributed by atoms with van der Waals surface area (Å²) in [4.78, 5) is 11.2. The Morgan fingerprint density at radius 2 is 2.21 bits per heavy atom. The SMILES string of the molecule is CC1OCCC1(CC(C)(C)O)C(=O)O. The molecule has 1 aliphatic rings. The molecule has 4 heteroatoms. The third-order valence-corrected chi connectivity index (χ3v) is 2.87. The highest BCUT2D eigenvalue weighted by molar-refractivity contribution is 5.76. The van der Waals surface area contributed by atoms with Crippen molar-refractivity contribution in [2.45, 2.75) is 45.3 Å². The Morgan fingerprint density at radius 3 is 2.50 bits per heavy atom. The van der Waals surface area contributed by atoms with Gasteiger partial charge < -0.3 is 14.9 Å². The molecule has 0 aromatic heterocycles. The highest BCUT2D eigenvalue weighted by Gasteiger charge is 2.50. The van der Waals surface area contributed by atoms with Crippen molar-refractivity contribution in [3.8, 4) is 0 Å². The van der Waals surface area contributed by atoms with Crippen molar-refractivity contribution in [1.82, 2.24) is 0 Å². The molecule has 4 nitrogen and oxygen atoms in total. The first kappa shape index (κ1) is 11.5. The van der Waals surface area contributed by atoms with Crippen molar-refractivity contribution < 1.29 is 19.7 Å². The van der Waals surface area contributed by atoms with Crippen LogP contribution < -0.4 is 0 Å². The summed E-state index contributed by atoms with van der Waals surface area (Å²) in [6.45, 7) is 5.47. The Kier molecular flexibility index (Phi) is 2.88. The average Bonchev–Trinajstić information content (AvgIpc) is 2.30. The van der Waals surface area contributed by atoms with Crippen LogP contribution in [0.4, 0.5) is 0 Å². The van der Waals surface area contributed by atoms with E-state index < -0.39 is 17.0 Å². The van der Waals surface area contributed by atoms with E-state index in [1.54, 1.807) is 20.8 Å². The Hall–Kier alpha value is -0.610. The van der Waals surface area contributed by atoms with Gasteiger partial charge in [0.2, 0.25) is 0 Å². The monoisotopic (exact) mass is 202 g/mol. The standard InChI is InChI=1S/C10H18O4/c1-7-10(8(11)12,4-5-14-7)6-9(2,3)13/h7,13H,4-6H2,1-3H3,(H,11,12). The minimum atomic E-state index is -0.972. The second-order valence-electron chi connectivity index (χ2n) is 4.71. The molecular weight excluding hydrogens is 184 g/mol. The number of carboxylic acids is 1. The highest BCUT2D eigenvalue weighted by Crippen LogP contribution is 2.41. The zero-order valence-electron chi connectivity index (χ0n) is 8.91. The number of carbonyl (C=O) groups is 1. The van der Waals surface area contributed by atoms with Crippen molar-refractivity contribution in [2.75, 3.05) is 6.61 Å². The van der Waals surface area contributed by atoms with Gasteiger partial charge in [-0.3, -0.25) is 4.79 Å². The normalized spacial score (nSPS) is 33.3. The maximum Gasteiger partial charge on any atom is 0.312 e. The van der Waals surface area contributed by atoms with E-state index in [1.165, 1.54) is 0 Å². The molecule has 14 heavy (non-hydrogen) atoms. The van der Waals surface area contributed by atoms with Crippen molar-refractivity contribution in [1.29, 1.82) is 0 Å². The zero-order valence-corrected chi connectivity index (χ0v) is 8.91. The van der Waals surface area contributed by atoms with Gasteiger partial charge in [-0.2, -0.15) is 0 Å². The van der Waals surface area contributed by atoms with Gasteiger partial charge in [-0.25, -0.2) is 0 Å². The number of aliphatic hydroxyl groups is 1. The van der Waals surface area contributed by atoms with E-state index in [-0.39, 0.29) is 12.5 Å². The fourth-order valence-corrected chi connectivity index (χ4v) is 2.14. The predicted octanol–water partition coefficient (Wildman–Crippen LogP) is 1.03. The molecule has 1 saturated heterocycles. The van der Waals surface area contributed by atoms with Crippen LogP contribution in [0, 0.1) is 5.41 Å². The number of aliphatic carboxylic acids is 1. The lowest BCUT2D eigenvalue weighted by Crippen LogP contribution is -2.43. The van der Waals surface area contributed by atoms with Crippen LogP contribution in [0.25, 0.3) is 0 Å². The van der Waals surface area contributed by atoms with Crippen LogP contribution in [0.3, 0.4) is 0 Å². The molecule has 0 bridgehead atoms. The van der Waals surface area contributed by atoms with Gasteiger partial charge in [0.15, 0.2) is 0 Å². The molecule has 1 fully saturated rings. The maximum absolute atomic E-state index is 11.2. The van der Waals surface area contributed by atoms with Gasteiger partial charge in [-0.1, -0.05) is 0 Å². The summed E-state index contributed by atoms with van der Waals surface area (Å²) in [5.74, 6) is -0.871. The first-order valence-electron chi connectivity index (χ1n) is 4.85. The molecule has 0 radical (unpaired) electrons. The van der Waals surface area contributed by atoms with E-state index >= 15 is 0 Å². The summed E-state index contributed by atoms with van der Waals surface area (Å²) in [7, 11) is 0. The first-order chi connectivity index (χ1) is 6.28. The zero-order chi connectivity index (χ0) is 11.0. The third kappa shape index (κ3) is 2.07. The van der Waals surface area contributed by atoms with Crippen molar-refractivity contribution in [3.63, 3.8) is 0 Å². The summed E-state index contributed by atoms with van der Waals surface area (Å²) in [5, 5.41) is 18.9. The Balaban J connectivity index is 2.88. The molecule has 1 aliphatic heterocycles. The molecule has 0 aromatic rings. The van der Waals surface area contributed by atoms with Crippen LogP contribution in [-0.2, 0) is 9.53 Å². The number of hydrogen-bond acceptors (Lipinski definition) is 3. The molecule has 1 rings (SSSR count). The largest absolute Gasteiger partial charge is 0.481 e. The molecular formula is C10H18O4. The fourth-order valence-electron chi connectivity index (χ4n) is 2.14. The molecule has 0 amide bonds. The van der Waals surface area contributed by atoms with E-state index in [0.717, 1.165) is 0 Å². The summed E-state index contributed by atoms with van der Waals surface area (Å²) in [6.07, 6.45) is 0.385. The summed E-state index contributed by atoms with van der Waals surface area (Å²) in [6, 6.07) is 0. The minimum absolute atomic E-state index is 0.233. The number of hydrogen-bond donors (Lipinski definition) is 2. The summed E-state index contributed by atoms with van der Waals surface area (Å²) in [5.41, 5.74) is -1.89. The van der Waals surface area contributed by atoms with Gasteiger partial charge >= 0.3 is 5.97 Å². The van der Waals surface area contributed by atoms with Crippen LogP contribution in [0.1, 0.15) is 33.6 Å². The van der Waals surface area contributed by atoms with Crippen LogP contribution in [0.5, 0.6) is 0 Å². The lowest BCUT2D eigenvalue weighted by Gasteiger charge is -2.33. The second-order valence-corrected chi connectivity index (χ2v) is 4.71. The van der Waals surface area contributed by atoms with E-state index in [1.807, 2.05) is 0 Å². The third-order valence-electron chi connectivity index (χ3n) is 2.87. The minimum Gasteiger partial charge on any atom is -0.481 e. The Labute approximate surface area is 83.9 Å². The lowest BCUT2D eigenvalue weighted by molar-refractivity contribution is -0.156. The molecule has 82 valence electrons. The average molecular weight is 202 g/mol. The number of ether oxygens (including phenoxy) is 1. The first-order valence-corrected chi connectivity index (χ1v) is 4.85. The molecule has 0 saturated carbocycles. The molecule has 0 aromatic carbocycles. The Morgan fingerprint density at radius 1 is 1.64 bits per heavy atom. The van der Waals surface area contributed by atoms with Crippen LogP contribution >= 0.6 is 0 Å². The predicted molar refractivity (Wildman–Crippen MR) is 51.0 cm³/mol. The van der Waals surface area contributed by atoms with Gasteiger partial charge in [0.25, 0.3) is 0 Å². The van der Waals surface area contributed by atoms with E-state index in [2.05, 4.69) is 0 Å². The van der Waals surface area contributed by atoms with Crippen molar-refractivity contribution in [2.24, 2.45) is 5.41 Å². The van der Waals surface area contributed by atoms with E-state index in [4.69, 9.17) is 4.74 Å². The Bertz CT molecular complexity index is 231. The molecule has 0 spiro atoms. The highest BCUT2D eigenvalue weighted by atomic mass is 16.5. The van der Waals surface area contributed by atoms with Gasteiger partial charge in [-0.15, -0.1) is 0 Å². The van der Waals surface area contributed by atoms with Gasteiger partial charge in [0.1, 0.15) is 0 Å². The molecule has 2 atom stereocenters. The quantitative estimate of drug-likeness (QED) is 0.717. The fraction of sp³-hybridized carbons (Fsp3) is 0.900. The lowest BCUT2D eigenvalue weighted by atomic mass is 9.74. The van der Waals surface area contributed by atoms with Crippen LogP contribution in [-0.4, -0.2) is 34.5 Å². The van der Waals surface area contributed by atoms with Crippen molar-refractivity contribution >= 4 is 5.97 Å². The topological polar surface area (TPSA) is 66.8 Å². The molecule has 2 unspecified atom stereocenters. The summed E-state index contributed by atoms with van der Waals surface area (Å²) >= 11 is 0. The molecule has 2 N–H and O–H groups in total. The van der Waals surface area contributed by atoms with Crippen LogP contribution in [0.15, 0.2) is 0 Å². The van der Waals surface area contributed by atoms with Gasteiger partial charge in [0.05, 0.1) is 17.1 Å². The molecule has 1 heterocycles. The molecule has 0 aliphatic carbocycles. The van der Waals surface area contributed by atoms with E-state index in [0.29, 0.717) is 13.0 Å². The van der Waals surface area contributed by atoms with Gasteiger partial charge in [0, 0.05) is 6.61 Å². The number of rotatable bonds is 3. The van der Waals surface area contributed by atoms with Gasteiger partial charge in [-0.05, 0) is 33.6 Å². The van der Waals surface area contributed by atoms with Crippen LogP contribution in [0.2, 0.25) is 0 Å². The van der Waals surface area contributed by atoms with E-state index in [9.17, 15) is 15.0 Å². The summed E-state index contributed by atoms with van der Waals surface area (Å²) < 4.78 is 5.28. The smallest absolute Gasteiger partial charge is 0.312 e. The van der Waals surface area contributed by atoms with Crippen molar-refractivity contribution in [3.05, 3.63) is 0 Å².